The Morgan fingerprint density at radius 1 is 0.971 bits per heavy atom. The van der Waals surface area contributed by atoms with E-state index in [4.69, 9.17) is 0 Å². The Morgan fingerprint density at radius 3 is 2.17 bits per heavy atom. The number of carbonyl (C=O) groups excluding carboxylic acids is 2. The molecule has 2 amide bonds. The van der Waals surface area contributed by atoms with E-state index >= 15 is 0 Å². The molecule has 8 nitrogen and oxygen atoms in total. The second-order valence-electron chi connectivity index (χ2n) is 8.88. The summed E-state index contributed by atoms with van der Waals surface area (Å²) in [4.78, 5) is 28.4. The van der Waals surface area contributed by atoms with E-state index in [1.807, 2.05) is 52.0 Å². The first-order valence-electron chi connectivity index (χ1n) is 11.9. The molecule has 2 aromatic rings. The molecule has 0 fully saturated rings. The van der Waals surface area contributed by atoms with Gasteiger partial charge < -0.3 is 10.2 Å². The minimum absolute atomic E-state index is 0.0394. The van der Waals surface area contributed by atoms with Crippen LogP contribution in [0.15, 0.2) is 54.6 Å². The van der Waals surface area contributed by atoms with E-state index in [-0.39, 0.29) is 18.5 Å². The summed E-state index contributed by atoms with van der Waals surface area (Å²) in [5.74, 6) is -0.698. The highest BCUT2D eigenvalue weighted by molar-refractivity contribution is 7.90. The van der Waals surface area contributed by atoms with Crippen LogP contribution < -0.4 is 9.62 Å². The number of hydrogen-bond donors (Lipinski definition) is 1. The van der Waals surface area contributed by atoms with Gasteiger partial charge in [0.2, 0.25) is 11.8 Å². The van der Waals surface area contributed by atoms with Crippen LogP contribution in [0.25, 0.3) is 0 Å². The number of aryl methyl sites for hydroxylation is 1. The van der Waals surface area contributed by atoms with E-state index in [1.165, 1.54) is 19.0 Å². The number of rotatable bonds is 12. The van der Waals surface area contributed by atoms with Gasteiger partial charge >= 0.3 is 10.2 Å². The summed E-state index contributed by atoms with van der Waals surface area (Å²) < 4.78 is 28.5. The summed E-state index contributed by atoms with van der Waals surface area (Å²) in [6, 6.07) is 15.5. The Labute approximate surface area is 210 Å². The lowest BCUT2D eigenvalue weighted by Gasteiger charge is -2.34. The summed E-state index contributed by atoms with van der Waals surface area (Å²) in [6.45, 7) is 7.47. The van der Waals surface area contributed by atoms with Crippen molar-refractivity contribution in [2.45, 2.75) is 59.2 Å². The number of carbonyl (C=O) groups is 2. The van der Waals surface area contributed by atoms with Crippen molar-refractivity contribution in [3.8, 4) is 0 Å². The molecule has 0 bridgehead atoms. The van der Waals surface area contributed by atoms with Crippen molar-refractivity contribution in [1.82, 2.24) is 14.5 Å². The quantitative estimate of drug-likeness (QED) is 0.482. The smallest absolute Gasteiger partial charge is 0.304 e. The molecule has 0 spiro atoms. The van der Waals surface area contributed by atoms with Crippen LogP contribution in [0.4, 0.5) is 5.69 Å². The number of anilines is 1. The topological polar surface area (TPSA) is 90.0 Å². The molecular formula is C26H38N4O4S. The van der Waals surface area contributed by atoms with Gasteiger partial charge in [0, 0.05) is 26.7 Å². The molecule has 2 rings (SSSR count). The first-order valence-corrected chi connectivity index (χ1v) is 13.3. The molecule has 2 atom stereocenters. The molecule has 0 saturated carbocycles. The molecule has 0 unspecified atom stereocenters. The molecule has 1 N–H and O–H groups in total. The number of nitrogens with zero attached hydrogens (tertiary/aromatic N) is 3. The average Bonchev–Trinajstić information content (AvgIpc) is 2.82. The third kappa shape index (κ3) is 7.53. The molecular weight excluding hydrogens is 464 g/mol. The first kappa shape index (κ1) is 28.3. The number of amides is 2. The van der Waals surface area contributed by atoms with Crippen molar-refractivity contribution < 1.29 is 18.0 Å². The average molecular weight is 503 g/mol. The van der Waals surface area contributed by atoms with Gasteiger partial charge in [0.1, 0.15) is 12.6 Å². The largest absolute Gasteiger partial charge is 0.352 e. The van der Waals surface area contributed by atoms with Gasteiger partial charge in [-0.2, -0.15) is 12.7 Å². The summed E-state index contributed by atoms with van der Waals surface area (Å²) >= 11 is 0. The van der Waals surface area contributed by atoms with Crippen LogP contribution in [-0.2, 0) is 26.3 Å². The van der Waals surface area contributed by atoms with E-state index in [9.17, 15) is 18.0 Å². The fourth-order valence-electron chi connectivity index (χ4n) is 3.68. The van der Waals surface area contributed by atoms with Crippen LogP contribution in [0, 0.1) is 6.92 Å². The predicted molar refractivity (Wildman–Crippen MR) is 140 cm³/mol. The molecule has 0 aromatic heterocycles. The summed E-state index contributed by atoms with van der Waals surface area (Å²) in [7, 11) is -1.11. The fourth-order valence-corrected chi connectivity index (χ4v) is 4.73. The van der Waals surface area contributed by atoms with Crippen LogP contribution in [0.3, 0.4) is 0 Å². The van der Waals surface area contributed by atoms with Crippen LogP contribution >= 0.6 is 0 Å². The molecule has 2 aromatic carbocycles. The molecule has 0 aliphatic carbocycles. The Morgan fingerprint density at radius 2 is 1.63 bits per heavy atom. The molecule has 0 aliphatic heterocycles. The number of para-hydroxylation sites is 1. The molecule has 192 valence electrons. The normalized spacial score (nSPS) is 13.2. The molecule has 0 heterocycles. The number of hydrogen-bond acceptors (Lipinski definition) is 4. The van der Waals surface area contributed by atoms with Gasteiger partial charge in [-0.1, -0.05) is 61.9 Å². The zero-order chi connectivity index (χ0) is 26.2. The van der Waals surface area contributed by atoms with Gasteiger partial charge in [-0.25, -0.2) is 4.31 Å². The van der Waals surface area contributed by atoms with Crippen LogP contribution in [0.2, 0.25) is 0 Å². The molecule has 35 heavy (non-hydrogen) atoms. The van der Waals surface area contributed by atoms with E-state index in [0.717, 1.165) is 26.2 Å². The lowest BCUT2D eigenvalue weighted by Crippen LogP contribution is -2.54. The van der Waals surface area contributed by atoms with E-state index in [0.29, 0.717) is 12.1 Å². The number of nitrogens with one attached hydrogen (secondary N) is 1. The first-order chi connectivity index (χ1) is 16.5. The maximum atomic E-state index is 13.8. The Bertz CT molecular complexity index is 1090. The maximum Gasteiger partial charge on any atom is 0.304 e. The van der Waals surface area contributed by atoms with Crippen molar-refractivity contribution in [3.63, 3.8) is 0 Å². The SMILES string of the molecule is CC[C@@H](C)NC(=O)[C@H](CC)N(Cc1cccc(C)c1)C(=O)CN(c1ccccc1)S(=O)(=O)N(C)C. The second-order valence-corrected chi connectivity index (χ2v) is 11.0. The minimum atomic E-state index is -3.96. The van der Waals surface area contributed by atoms with Crippen molar-refractivity contribution in [2.75, 3.05) is 24.9 Å². The molecule has 9 heteroatoms. The van der Waals surface area contributed by atoms with E-state index in [1.54, 1.807) is 30.3 Å². The highest BCUT2D eigenvalue weighted by Crippen LogP contribution is 2.21. The van der Waals surface area contributed by atoms with Gasteiger partial charge in [0.25, 0.3) is 0 Å². The highest BCUT2D eigenvalue weighted by atomic mass is 32.2. The van der Waals surface area contributed by atoms with Gasteiger partial charge in [-0.3, -0.25) is 9.59 Å². The Balaban J connectivity index is 2.48. The zero-order valence-corrected chi connectivity index (χ0v) is 22.4. The van der Waals surface area contributed by atoms with Crippen molar-refractivity contribution in [1.29, 1.82) is 0 Å². The minimum Gasteiger partial charge on any atom is -0.352 e. The van der Waals surface area contributed by atoms with Crippen LogP contribution in [-0.4, -0.2) is 62.2 Å². The summed E-state index contributed by atoms with van der Waals surface area (Å²) in [5, 5.41) is 2.97. The standard InChI is InChI=1S/C26H38N4O4S/c1-7-21(4)27-26(32)24(8-2)29(18-22-14-12-13-20(3)17-22)25(31)19-30(35(33,34)28(5)6)23-15-10-9-11-16-23/h9-17,21,24H,7-8,18-19H2,1-6H3,(H,27,32)/t21-,24+/m1/s1. The van der Waals surface area contributed by atoms with Gasteiger partial charge in [-0.15, -0.1) is 0 Å². The van der Waals surface area contributed by atoms with E-state index in [2.05, 4.69) is 5.32 Å². The summed E-state index contributed by atoms with van der Waals surface area (Å²) in [5.41, 5.74) is 2.28. The monoisotopic (exact) mass is 502 g/mol. The third-order valence-corrected chi connectivity index (χ3v) is 7.71. The molecule has 0 radical (unpaired) electrons. The highest BCUT2D eigenvalue weighted by Gasteiger charge is 2.33. The zero-order valence-electron chi connectivity index (χ0n) is 21.6. The predicted octanol–water partition coefficient (Wildman–Crippen LogP) is 3.33. The molecule has 0 saturated heterocycles. The molecule has 0 aliphatic rings. The van der Waals surface area contributed by atoms with Crippen LogP contribution in [0.1, 0.15) is 44.7 Å². The third-order valence-electron chi connectivity index (χ3n) is 5.89. The van der Waals surface area contributed by atoms with Crippen molar-refractivity contribution in [2.24, 2.45) is 0 Å². The number of benzene rings is 2. The fraction of sp³-hybridized carbons (Fsp3) is 0.462. The lowest BCUT2D eigenvalue weighted by molar-refractivity contribution is -0.140. The Kier molecular flexibility index (Phi) is 10.3. The van der Waals surface area contributed by atoms with E-state index < -0.39 is 28.7 Å². The lowest BCUT2D eigenvalue weighted by atomic mass is 10.1. The Hall–Kier alpha value is -2.91. The van der Waals surface area contributed by atoms with Gasteiger partial charge in [0.05, 0.1) is 5.69 Å². The maximum absolute atomic E-state index is 13.8. The van der Waals surface area contributed by atoms with Gasteiger partial charge in [-0.05, 0) is 44.4 Å². The van der Waals surface area contributed by atoms with Crippen molar-refractivity contribution in [3.05, 3.63) is 65.7 Å². The van der Waals surface area contributed by atoms with Crippen molar-refractivity contribution >= 4 is 27.7 Å². The summed E-state index contributed by atoms with van der Waals surface area (Å²) in [6.07, 6.45) is 1.16. The van der Waals surface area contributed by atoms with Gasteiger partial charge in [0.15, 0.2) is 0 Å². The second kappa shape index (κ2) is 12.7. The van der Waals surface area contributed by atoms with Crippen LogP contribution in [0.5, 0.6) is 0 Å².